The number of nitrogens with zero attached hydrogens (tertiary/aromatic N) is 2. The third-order valence-electron chi connectivity index (χ3n) is 3.10. The molecular weight excluding hydrogens is 270 g/mol. The van der Waals surface area contributed by atoms with E-state index < -0.39 is 10.0 Å². The van der Waals surface area contributed by atoms with E-state index in [2.05, 4.69) is 10.2 Å². The quantitative estimate of drug-likeness (QED) is 0.846. The summed E-state index contributed by atoms with van der Waals surface area (Å²) in [6.45, 7) is 5.30. The maximum Gasteiger partial charge on any atom is 0.252 e. The van der Waals surface area contributed by atoms with Gasteiger partial charge in [0.2, 0.25) is 0 Å². The van der Waals surface area contributed by atoms with Crippen LogP contribution in [0.5, 0.6) is 0 Å². The van der Waals surface area contributed by atoms with Gasteiger partial charge in [0, 0.05) is 46.3 Å². The van der Waals surface area contributed by atoms with Gasteiger partial charge in [0.1, 0.15) is 4.21 Å². The van der Waals surface area contributed by atoms with Gasteiger partial charge in [0.25, 0.3) is 10.0 Å². The van der Waals surface area contributed by atoms with Crippen LogP contribution in [0.15, 0.2) is 21.7 Å². The molecule has 7 heteroatoms. The van der Waals surface area contributed by atoms with E-state index in [-0.39, 0.29) is 0 Å². The first-order chi connectivity index (χ1) is 8.60. The summed E-state index contributed by atoms with van der Waals surface area (Å²) in [5.74, 6) is 0. The van der Waals surface area contributed by atoms with Gasteiger partial charge in [-0.05, 0) is 11.4 Å². The van der Waals surface area contributed by atoms with Gasteiger partial charge in [0.15, 0.2) is 0 Å². The first kappa shape index (κ1) is 14.0. The van der Waals surface area contributed by atoms with E-state index in [1.807, 2.05) is 0 Å². The number of rotatable bonds is 5. The molecule has 1 fully saturated rings. The lowest BCUT2D eigenvalue weighted by Crippen LogP contribution is -2.46. The predicted octanol–water partition coefficient (Wildman–Crippen LogP) is 0.274. The van der Waals surface area contributed by atoms with E-state index in [1.54, 1.807) is 24.6 Å². The molecule has 0 bridgehead atoms. The molecule has 1 aliphatic rings. The highest BCUT2D eigenvalue weighted by atomic mass is 32.2. The van der Waals surface area contributed by atoms with Gasteiger partial charge in [-0.1, -0.05) is 6.07 Å². The number of hydrogen-bond acceptors (Lipinski definition) is 5. The molecule has 1 aliphatic heterocycles. The standard InChI is InChI=1S/C11H19N3O2S2/c1-13(8-9-14-6-4-12-5-7-14)18(15,16)11-3-2-10-17-11/h2-3,10,12H,4-9H2,1H3. The van der Waals surface area contributed by atoms with E-state index in [9.17, 15) is 8.42 Å². The van der Waals surface area contributed by atoms with Gasteiger partial charge in [-0.15, -0.1) is 11.3 Å². The van der Waals surface area contributed by atoms with Crippen LogP contribution in [0.3, 0.4) is 0 Å². The lowest BCUT2D eigenvalue weighted by molar-refractivity contribution is 0.229. The van der Waals surface area contributed by atoms with Crippen molar-refractivity contribution in [1.82, 2.24) is 14.5 Å². The maximum atomic E-state index is 12.2. The fourth-order valence-electron chi connectivity index (χ4n) is 1.90. The van der Waals surface area contributed by atoms with Crippen LogP contribution in [-0.2, 0) is 10.0 Å². The topological polar surface area (TPSA) is 52.6 Å². The Bertz CT molecular complexity index is 453. The Morgan fingerprint density at radius 2 is 2.17 bits per heavy atom. The second-order valence-electron chi connectivity index (χ2n) is 4.35. The Labute approximate surface area is 112 Å². The van der Waals surface area contributed by atoms with Gasteiger partial charge >= 0.3 is 0 Å². The number of hydrogen-bond donors (Lipinski definition) is 1. The highest BCUT2D eigenvalue weighted by molar-refractivity contribution is 7.91. The summed E-state index contributed by atoms with van der Waals surface area (Å²) < 4.78 is 26.2. The predicted molar refractivity (Wildman–Crippen MR) is 73.4 cm³/mol. The van der Waals surface area contributed by atoms with Crippen molar-refractivity contribution in [3.05, 3.63) is 17.5 Å². The van der Waals surface area contributed by atoms with Crippen molar-refractivity contribution in [2.45, 2.75) is 4.21 Å². The van der Waals surface area contributed by atoms with Crippen molar-refractivity contribution in [2.24, 2.45) is 0 Å². The van der Waals surface area contributed by atoms with Crippen LogP contribution >= 0.6 is 11.3 Å². The zero-order chi connectivity index (χ0) is 13.0. The molecule has 2 rings (SSSR count). The number of thiophene rings is 1. The zero-order valence-corrected chi connectivity index (χ0v) is 12.1. The zero-order valence-electron chi connectivity index (χ0n) is 10.5. The molecule has 1 aromatic rings. The number of sulfonamides is 1. The molecule has 0 atom stereocenters. The molecule has 0 saturated carbocycles. The largest absolute Gasteiger partial charge is 0.314 e. The summed E-state index contributed by atoms with van der Waals surface area (Å²) in [6, 6.07) is 3.42. The normalized spacial score (nSPS) is 18.3. The SMILES string of the molecule is CN(CCN1CCNCC1)S(=O)(=O)c1cccs1. The third kappa shape index (κ3) is 3.30. The molecule has 2 heterocycles. The molecule has 102 valence electrons. The van der Waals surface area contributed by atoms with Crippen molar-refractivity contribution in [2.75, 3.05) is 46.3 Å². The molecule has 1 saturated heterocycles. The average Bonchev–Trinajstić information content (AvgIpc) is 2.91. The maximum absolute atomic E-state index is 12.2. The fourth-order valence-corrected chi connectivity index (χ4v) is 4.26. The van der Waals surface area contributed by atoms with Crippen LogP contribution in [0.2, 0.25) is 0 Å². The Kier molecular flexibility index (Phi) is 4.74. The lowest BCUT2D eigenvalue weighted by atomic mass is 10.3. The van der Waals surface area contributed by atoms with E-state index in [0.29, 0.717) is 10.8 Å². The van der Waals surface area contributed by atoms with Crippen molar-refractivity contribution in [3.8, 4) is 0 Å². The first-order valence-electron chi connectivity index (χ1n) is 6.03. The first-order valence-corrected chi connectivity index (χ1v) is 8.35. The summed E-state index contributed by atoms with van der Waals surface area (Å²) in [4.78, 5) is 2.29. The van der Waals surface area contributed by atoms with Crippen molar-refractivity contribution < 1.29 is 8.42 Å². The minimum atomic E-state index is -3.29. The van der Waals surface area contributed by atoms with Gasteiger partial charge < -0.3 is 5.32 Å². The summed E-state index contributed by atoms with van der Waals surface area (Å²) >= 11 is 1.27. The Morgan fingerprint density at radius 1 is 1.44 bits per heavy atom. The second kappa shape index (κ2) is 6.12. The van der Waals surface area contributed by atoms with Crippen molar-refractivity contribution >= 4 is 21.4 Å². The molecule has 0 aromatic carbocycles. The number of likely N-dealkylation sites (N-methyl/N-ethyl adjacent to an activating group) is 1. The van der Waals surface area contributed by atoms with Gasteiger partial charge in [-0.2, -0.15) is 4.31 Å². The van der Waals surface area contributed by atoms with Crippen LogP contribution in [0, 0.1) is 0 Å². The Balaban J connectivity index is 1.89. The smallest absolute Gasteiger partial charge is 0.252 e. The minimum absolute atomic E-state index is 0.422. The summed E-state index contributed by atoms with van der Waals surface area (Å²) in [7, 11) is -1.64. The minimum Gasteiger partial charge on any atom is -0.314 e. The fraction of sp³-hybridized carbons (Fsp3) is 0.636. The molecule has 0 spiro atoms. The van der Waals surface area contributed by atoms with E-state index in [1.165, 1.54) is 15.6 Å². The third-order valence-corrected chi connectivity index (χ3v) is 6.33. The van der Waals surface area contributed by atoms with Crippen LogP contribution in [0.4, 0.5) is 0 Å². The van der Waals surface area contributed by atoms with Crippen molar-refractivity contribution in [1.29, 1.82) is 0 Å². The number of piperazine rings is 1. The van der Waals surface area contributed by atoms with Gasteiger partial charge in [-0.3, -0.25) is 4.90 Å². The van der Waals surface area contributed by atoms with Crippen molar-refractivity contribution in [3.63, 3.8) is 0 Å². The monoisotopic (exact) mass is 289 g/mol. The summed E-state index contributed by atoms with van der Waals surface area (Å²) in [5.41, 5.74) is 0. The summed E-state index contributed by atoms with van der Waals surface area (Å²) in [5, 5.41) is 5.07. The highest BCUT2D eigenvalue weighted by Crippen LogP contribution is 2.19. The Hall–Kier alpha value is -0.470. The van der Waals surface area contributed by atoms with E-state index >= 15 is 0 Å². The molecule has 0 aliphatic carbocycles. The number of nitrogens with one attached hydrogen (secondary N) is 1. The van der Waals surface area contributed by atoms with E-state index in [4.69, 9.17) is 0 Å². The van der Waals surface area contributed by atoms with E-state index in [0.717, 1.165) is 32.7 Å². The summed E-state index contributed by atoms with van der Waals surface area (Å²) in [6.07, 6.45) is 0. The molecule has 1 N–H and O–H groups in total. The molecule has 1 aromatic heterocycles. The molecule has 0 unspecified atom stereocenters. The molecule has 18 heavy (non-hydrogen) atoms. The van der Waals surface area contributed by atoms with Gasteiger partial charge in [0.05, 0.1) is 0 Å². The molecule has 0 radical (unpaired) electrons. The lowest BCUT2D eigenvalue weighted by Gasteiger charge is -2.28. The van der Waals surface area contributed by atoms with Crippen LogP contribution in [0.25, 0.3) is 0 Å². The molecule has 0 amide bonds. The van der Waals surface area contributed by atoms with Gasteiger partial charge in [-0.25, -0.2) is 8.42 Å². The molecular formula is C11H19N3O2S2. The highest BCUT2D eigenvalue weighted by Gasteiger charge is 2.22. The van der Waals surface area contributed by atoms with Crippen LogP contribution in [0.1, 0.15) is 0 Å². The van der Waals surface area contributed by atoms with Crippen LogP contribution < -0.4 is 5.32 Å². The molecule has 5 nitrogen and oxygen atoms in total. The average molecular weight is 289 g/mol. The van der Waals surface area contributed by atoms with Crippen LogP contribution in [-0.4, -0.2) is 63.9 Å². The second-order valence-corrected chi connectivity index (χ2v) is 7.57. The Morgan fingerprint density at radius 3 is 2.78 bits per heavy atom.